The molecule has 0 saturated heterocycles. The fourth-order valence-corrected chi connectivity index (χ4v) is 2.17. The molecule has 0 amide bonds. The van der Waals surface area contributed by atoms with Gasteiger partial charge in [0.05, 0.1) is 5.69 Å². The predicted molar refractivity (Wildman–Crippen MR) is 73.6 cm³/mol. The van der Waals surface area contributed by atoms with Crippen molar-refractivity contribution in [2.75, 3.05) is 0 Å². The average molecular weight is 244 g/mol. The summed E-state index contributed by atoms with van der Waals surface area (Å²) in [6.45, 7) is 4.96. The van der Waals surface area contributed by atoms with Gasteiger partial charge >= 0.3 is 0 Å². The number of aryl methyl sites for hydroxylation is 1. The minimum absolute atomic E-state index is 0.331. The summed E-state index contributed by atoms with van der Waals surface area (Å²) in [5, 5.41) is 14.8. The number of aromatic nitrogens is 2. The largest absolute Gasteiger partial charge is 0.493 e. The first kappa shape index (κ1) is 12.7. The van der Waals surface area contributed by atoms with Crippen molar-refractivity contribution in [1.82, 2.24) is 9.78 Å². The molecule has 1 heterocycles. The Kier molecular flexibility index (Phi) is 4.03. The van der Waals surface area contributed by atoms with Crippen molar-refractivity contribution in [3.63, 3.8) is 0 Å². The number of hydrogen-bond donors (Lipinski definition) is 1. The second-order valence-corrected chi connectivity index (χ2v) is 4.49. The third-order valence-electron chi connectivity index (χ3n) is 3.00. The van der Waals surface area contributed by atoms with Crippen molar-refractivity contribution in [3.8, 4) is 17.1 Å². The van der Waals surface area contributed by atoms with Crippen molar-refractivity contribution >= 4 is 0 Å². The SMILES string of the molecule is CCCc1c(-c2ccccc2)nn(CCC)c1O. The Morgan fingerprint density at radius 3 is 2.44 bits per heavy atom. The maximum atomic E-state index is 10.2. The van der Waals surface area contributed by atoms with Gasteiger partial charge in [-0.15, -0.1) is 0 Å². The Bertz CT molecular complexity index is 503. The normalized spacial score (nSPS) is 10.8. The summed E-state index contributed by atoms with van der Waals surface area (Å²) >= 11 is 0. The van der Waals surface area contributed by atoms with Crippen molar-refractivity contribution in [3.05, 3.63) is 35.9 Å². The summed E-state index contributed by atoms with van der Waals surface area (Å²) in [7, 11) is 0. The Balaban J connectivity index is 2.48. The van der Waals surface area contributed by atoms with Gasteiger partial charge in [0.25, 0.3) is 0 Å². The van der Waals surface area contributed by atoms with E-state index in [4.69, 9.17) is 0 Å². The van der Waals surface area contributed by atoms with E-state index in [2.05, 4.69) is 18.9 Å². The molecule has 2 rings (SSSR count). The quantitative estimate of drug-likeness (QED) is 0.872. The van der Waals surface area contributed by atoms with Crippen LogP contribution in [0.2, 0.25) is 0 Å². The van der Waals surface area contributed by atoms with Crippen LogP contribution in [0.25, 0.3) is 11.3 Å². The van der Waals surface area contributed by atoms with Crippen LogP contribution >= 0.6 is 0 Å². The highest BCUT2D eigenvalue weighted by atomic mass is 16.3. The van der Waals surface area contributed by atoms with E-state index < -0.39 is 0 Å². The molecule has 0 spiro atoms. The van der Waals surface area contributed by atoms with Crippen LogP contribution in [0.1, 0.15) is 32.3 Å². The van der Waals surface area contributed by atoms with Gasteiger partial charge in [-0.1, -0.05) is 50.6 Å². The molecule has 0 fully saturated rings. The molecule has 96 valence electrons. The summed E-state index contributed by atoms with van der Waals surface area (Å²) in [6, 6.07) is 10.1. The fraction of sp³-hybridized carbons (Fsp3) is 0.400. The van der Waals surface area contributed by atoms with E-state index in [1.165, 1.54) is 0 Å². The molecule has 3 heteroatoms. The molecule has 0 unspecified atom stereocenters. The highest BCUT2D eigenvalue weighted by molar-refractivity contribution is 5.65. The molecule has 0 aliphatic heterocycles. The van der Waals surface area contributed by atoms with E-state index in [0.717, 1.165) is 42.6 Å². The fourth-order valence-electron chi connectivity index (χ4n) is 2.17. The lowest BCUT2D eigenvalue weighted by Crippen LogP contribution is -1.98. The molecule has 0 radical (unpaired) electrons. The predicted octanol–water partition coefficient (Wildman–Crippen LogP) is 3.62. The van der Waals surface area contributed by atoms with E-state index in [1.807, 2.05) is 30.3 Å². The average Bonchev–Trinajstić information content (AvgIpc) is 2.70. The number of rotatable bonds is 5. The summed E-state index contributed by atoms with van der Waals surface area (Å²) in [5.74, 6) is 0.331. The third kappa shape index (κ3) is 2.40. The van der Waals surface area contributed by atoms with Gasteiger partial charge in [0.1, 0.15) is 0 Å². The second-order valence-electron chi connectivity index (χ2n) is 4.49. The molecule has 1 aromatic carbocycles. The minimum atomic E-state index is 0.331. The van der Waals surface area contributed by atoms with Gasteiger partial charge in [-0.05, 0) is 12.8 Å². The first-order chi connectivity index (χ1) is 8.77. The van der Waals surface area contributed by atoms with Gasteiger partial charge in [0.15, 0.2) is 0 Å². The van der Waals surface area contributed by atoms with E-state index in [9.17, 15) is 5.11 Å². The van der Waals surface area contributed by atoms with Crippen LogP contribution in [0.3, 0.4) is 0 Å². The lowest BCUT2D eigenvalue weighted by molar-refractivity contribution is 0.392. The maximum absolute atomic E-state index is 10.2. The van der Waals surface area contributed by atoms with E-state index in [0.29, 0.717) is 5.88 Å². The molecule has 1 N–H and O–H groups in total. The highest BCUT2D eigenvalue weighted by Gasteiger charge is 2.17. The Hall–Kier alpha value is -1.77. The lowest BCUT2D eigenvalue weighted by atomic mass is 10.0. The third-order valence-corrected chi connectivity index (χ3v) is 3.00. The highest BCUT2D eigenvalue weighted by Crippen LogP contribution is 2.30. The van der Waals surface area contributed by atoms with Crippen LogP contribution in [-0.4, -0.2) is 14.9 Å². The van der Waals surface area contributed by atoms with Gasteiger partial charge in [-0.25, -0.2) is 4.68 Å². The van der Waals surface area contributed by atoms with Crippen molar-refractivity contribution in [2.24, 2.45) is 0 Å². The van der Waals surface area contributed by atoms with Crippen LogP contribution in [0.5, 0.6) is 5.88 Å². The Morgan fingerprint density at radius 2 is 1.83 bits per heavy atom. The van der Waals surface area contributed by atoms with Crippen LogP contribution < -0.4 is 0 Å². The molecule has 2 aromatic rings. The zero-order valence-electron chi connectivity index (χ0n) is 11.1. The summed E-state index contributed by atoms with van der Waals surface area (Å²) in [6.07, 6.45) is 2.83. The number of nitrogens with zero attached hydrogens (tertiary/aromatic N) is 2. The maximum Gasteiger partial charge on any atom is 0.213 e. The summed E-state index contributed by atoms with van der Waals surface area (Å²) < 4.78 is 1.72. The van der Waals surface area contributed by atoms with Gasteiger partial charge in [-0.2, -0.15) is 5.10 Å². The minimum Gasteiger partial charge on any atom is -0.493 e. The first-order valence-corrected chi connectivity index (χ1v) is 6.62. The van der Waals surface area contributed by atoms with Crippen molar-refractivity contribution in [1.29, 1.82) is 0 Å². The number of benzene rings is 1. The molecule has 0 aliphatic rings. The second kappa shape index (κ2) is 5.71. The molecule has 18 heavy (non-hydrogen) atoms. The van der Waals surface area contributed by atoms with Crippen LogP contribution in [0.15, 0.2) is 30.3 Å². The van der Waals surface area contributed by atoms with E-state index in [-0.39, 0.29) is 0 Å². The molecular formula is C15H20N2O. The molecule has 0 aliphatic carbocycles. The summed E-state index contributed by atoms with van der Waals surface area (Å²) in [4.78, 5) is 0. The zero-order valence-corrected chi connectivity index (χ0v) is 11.1. The molecule has 0 saturated carbocycles. The van der Waals surface area contributed by atoms with Crippen molar-refractivity contribution in [2.45, 2.75) is 39.7 Å². The topological polar surface area (TPSA) is 38.0 Å². The van der Waals surface area contributed by atoms with Gasteiger partial charge in [-0.3, -0.25) is 0 Å². The zero-order chi connectivity index (χ0) is 13.0. The standard InChI is InChI=1S/C15H20N2O/c1-3-8-13-14(12-9-6-5-7-10-12)16-17(11-4-2)15(13)18/h5-7,9-10,18H,3-4,8,11H2,1-2H3. The first-order valence-electron chi connectivity index (χ1n) is 6.62. The van der Waals surface area contributed by atoms with Crippen LogP contribution in [0, 0.1) is 0 Å². The molecule has 0 bridgehead atoms. The molecule has 3 nitrogen and oxygen atoms in total. The van der Waals surface area contributed by atoms with Gasteiger partial charge in [0, 0.05) is 17.7 Å². The monoisotopic (exact) mass is 244 g/mol. The molecule has 0 atom stereocenters. The number of hydrogen-bond acceptors (Lipinski definition) is 2. The Morgan fingerprint density at radius 1 is 1.11 bits per heavy atom. The molecular weight excluding hydrogens is 224 g/mol. The lowest BCUT2D eigenvalue weighted by Gasteiger charge is -2.01. The van der Waals surface area contributed by atoms with Crippen molar-refractivity contribution < 1.29 is 5.11 Å². The van der Waals surface area contributed by atoms with Crippen LogP contribution in [-0.2, 0) is 13.0 Å². The van der Waals surface area contributed by atoms with Gasteiger partial charge in [0.2, 0.25) is 5.88 Å². The number of aromatic hydroxyl groups is 1. The smallest absolute Gasteiger partial charge is 0.213 e. The van der Waals surface area contributed by atoms with E-state index >= 15 is 0 Å². The molecule has 1 aromatic heterocycles. The van der Waals surface area contributed by atoms with Crippen LogP contribution in [0.4, 0.5) is 0 Å². The van der Waals surface area contributed by atoms with Gasteiger partial charge < -0.3 is 5.11 Å². The van der Waals surface area contributed by atoms with E-state index in [1.54, 1.807) is 4.68 Å². The summed E-state index contributed by atoms with van der Waals surface area (Å²) in [5.41, 5.74) is 2.96. The Labute approximate surface area is 108 Å².